The van der Waals surface area contributed by atoms with Crippen molar-refractivity contribution in [3.63, 3.8) is 0 Å². The van der Waals surface area contributed by atoms with Gasteiger partial charge in [0.15, 0.2) is 0 Å². The zero-order chi connectivity index (χ0) is 15.3. The van der Waals surface area contributed by atoms with Crippen LogP contribution in [0.25, 0.3) is 0 Å². The molecule has 4 heteroatoms. The van der Waals surface area contributed by atoms with Gasteiger partial charge in [0.25, 0.3) is 0 Å². The minimum Gasteiger partial charge on any atom is -0.314 e. The second-order valence-corrected chi connectivity index (χ2v) is 7.27. The van der Waals surface area contributed by atoms with Crippen molar-refractivity contribution in [3.8, 4) is 0 Å². The van der Waals surface area contributed by atoms with Crippen molar-refractivity contribution in [2.75, 3.05) is 6.54 Å². The topological polar surface area (TPSA) is 42.7 Å². The van der Waals surface area contributed by atoms with E-state index in [1.807, 2.05) is 0 Å². The normalized spacial score (nSPS) is 15.3. The highest BCUT2D eigenvalue weighted by molar-refractivity contribution is 4.95. The maximum Gasteiger partial charge on any atom is 0.138 e. The third kappa shape index (κ3) is 4.89. The van der Waals surface area contributed by atoms with Crippen LogP contribution < -0.4 is 5.32 Å². The quantitative estimate of drug-likeness (QED) is 0.795. The van der Waals surface area contributed by atoms with Gasteiger partial charge < -0.3 is 5.32 Å². The Morgan fingerprint density at radius 1 is 1.20 bits per heavy atom. The Bertz CT molecular complexity index is 395. The van der Waals surface area contributed by atoms with Crippen LogP contribution >= 0.6 is 0 Å². The van der Waals surface area contributed by atoms with E-state index < -0.39 is 0 Å². The lowest BCUT2D eigenvalue weighted by molar-refractivity contribution is 0.194. The summed E-state index contributed by atoms with van der Waals surface area (Å²) in [7, 11) is 0. The maximum atomic E-state index is 4.49. The summed E-state index contributed by atoms with van der Waals surface area (Å²) in [6, 6.07) is 0.515. The molecule has 1 aromatic heterocycles. The van der Waals surface area contributed by atoms with Crippen molar-refractivity contribution < 1.29 is 0 Å². The largest absolute Gasteiger partial charge is 0.314 e. The Labute approximate surface area is 124 Å². The van der Waals surface area contributed by atoms with Gasteiger partial charge >= 0.3 is 0 Å². The second-order valence-electron chi connectivity index (χ2n) is 7.27. The third-order valence-electron chi connectivity index (χ3n) is 4.10. The van der Waals surface area contributed by atoms with Crippen molar-refractivity contribution in [1.82, 2.24) is 20.1 Å². The smallest absolute Gasteiger partial charge is 0.138 e. The molecule has 0 aliphatic carbocycles. The molecule has 20 heavy (non-hydrogen) atoms. The molecule has 1 aromatic rings. The van der Waals surface area contributed by atoms with Gasteiger partial charge in [-0.2, -0.15) is 5.10 Å². The van der Waals surface area contributed by atoms with Crippen LogP contribution in [0.3, 0.4) is 0 Å². The zero-order valence-electron chi connectivity index (χ0n) is 14.3. The standard InChI is InChI=1S/C16H32N4/c1-12(2)9-20-15(18-11-19-20)8-16(7,13(3)4)10-17-14(5)6/h11-14,17H,8-10H2,1-7H3. The first-order valence-corrected chi connectivity index (χ1v) is 7.84. The van der Waals surface area contributed by atoms with Crippen LogP contribution in [0.5, 0.6) is 0 Å². The molecule has 0 fully saturated rings. The summed E-state index contributed by atoms with van der Waals surface area (Å²) in [6.07, 6.45) is 2.66. The summed E-state index contributed by atoms with van der Waals surface area (Å²) in [5, 5.41) is 7.96. The van der Waals surface area contributed by atoms with Gasteiger partial charge in [-0.25, -0.2) is 9.67 Å². The number of hydrogen-bond acceptors (Lipinski definition) is 3. The SMILES string of the molecule is CC(C)Cn1ncnc1CC(C)(CNC(C)C)C(C)C. The molecule has 0 aliphatic heterocycles. The third-order valence-corrected chi connectivity index (χ3v) is 4.10. The Hall–Kier alpha value is -0.900. The monoisotopic (exact) mass is 280 g/mol. The first-order valence-electron chi connectivity index (χ1n) is 7.84. The minimum absolute atomic E-state index is 0.200. The molecule has 1 heterocycles. The van der Waals surface area contributed by atoms with Gasteiger partial charge in [0.2, 0.25) is 0 Å². The van der Waals surface area contributed by atoms with E-state index in [4.69, 9.17) is 0 Å². The van der Waals surface area contributed by atoms with Crippen LogP contribution in [-0.4, -0.2) is 27.4 Å². The van der Waals surface area contributed by atoms with Crippen molar-refractivity contribution in [1.29, 1.82) is 0 Å². The highest BCUT2D eigenvalue weighted by Crippen LogP contribution is 2.30. The van der Waals surface area contributed by atoms with E-state index in [1.165, 1.54) is 0 Å². The Kier molecular flexibility index (Phi) is 6.18. The lowest BCUT2D eigenvalue weighted by atomic mass is 9.76. The van der Waals surface area contributed by atoms with Crippen molar-refractivity contribution >= 4 is 0 Å². The molecule has 116 valence electrons. The Balaban J connectivity index is 2.82. The van der Waals surface area contributed by atoms with Gasteiger partial charge in [0.05, 0.1) is 0 Å². The summed E-state index contributed by atoms with van der Waals surface area (Å²) < 4.78 is 2.07. The van der Waals surface area contributed by atoms with E-state index in [9.17, 15) is 0 Å². The molecule has 1 atom stereocenters. The molecule has 0 bridgehead atoms. The lowest BCUT2D eigenvalue weighted by Gasteiger charge is -2.34. The lowest BCUT2D eigenvalue weighted by Crippen LogP contribution is -2.41. The van der Waals surface area contributed by atoms with Crippen LogP contribution in [0.1, 0.15) is 54.3 Å². The maximum absolute atomic E-state index is 4.49. The molecular weight excluding hydrogens is 248 g/mol. The average molecular weight is 280 g/mol. The number of nitrogens with zero attached hydrogens (tertiary/aromatic N) is 3. The number of aromatic nitrogens is 3. The highest BCUT2D eigenvalue weighted by Gasteiger charge is 2.30. The fourth-order valence-corrected chi connectivity index (χ4v) is 2.19. The minimum atomic E-state index is 0.200. The van der Waals surface area contributed by atoms with E-state index in [1.54, 1.807) is 6.33 Å². The number of rotatable bonds is 8. The van der Waals surface area contributed by atoms with Gasteiger partial charge in [-0.3, -0.25) is 0 Å². The highest BCUT2D eigenvalue weighted by atomic mass is 15.3. The van der Waals surface area contributed by atoms with E-state index in [0.717, 1.165) is 25.3 Å². The molecule has 0 spiro atoms. The molecule has 0 saturated carbocycles. The van der Waals surface area contributed by atoms with Crippen molar-refractivity contribution in [2.24, 2.45) is 17.3 Å². The molecule has 1 N–H and O–H groups in total. The molecule has 1 rings (SSSR count). The Morgan fingerprint density at radius 2 is 1.85 bits per heavy atom. The van der Waals surface area contributed by atoms with Gasteiger partial charge in [0.1, 0.15) is 12.2 Å². The van der Waals surface area contributed by atoms with Crippen LogP contribution in [0.4, 0.5) is 0 Å². The molecule has 0 saturated heterocycles. The molecule has 0 aromatic carbocycles. The van der Waals surface area contributed by atoms with Crippen LogP contribution in [0, 0.1) is 17.3 Å². The van der Waals surface area contributed by atoms with E-state index >= 15 is 0 Å². The average Bonchev–Trinajstić information content (AvgIpc) is 2.73. The van der Waals surface area contributed by atoms with Crippen LogP contribution in [0.15, 0.2) is 6.33 Å². The fourth-order valence-electron chi connectivity index (χ4n) is 2.19. The Morgan fingerprint density at radius 3 is 2.35 bits per heavy atom. The molecule has 0 radical (unpaired) electrons. The van der Waals surface area contributed by atoms with Gasteiger partial charge in [-0.15, -0.1) is 0 Å². The van der Waals surface area contributed by atoms with Crippen LogP contribution in [-0.2, 0) is 13.0 Å². The van der Waals surface area contributed by atoms with E-state index in [-0.39, 0.29) is 5.41 Å². The molecule has 4 nitrogen and oxygen atoms in total. The van der Waals surface area contributed by atoms with Gasteiger partial charge in [-0.05, 0) is 17.3 Å². The molecule has 1 unspecified atom stereocenters. The second kappa shape index (κ2) is 7.21. The molecule has 0 amide bonds. The van der Waals surface area contributed by atoms with Gasteiger partial charge in [-0.1, -0.05) is 48.5 Å². The summed E-state index contributed by atoms with van der Waals surface area (Å²) in [4.78, 5) is 4.49. The van der Waals surface area contributed by atoms with Gasteiger partial charge in [0, 0.05) is 25.6 Å². The first-order chi connectivity index (χ1) is 9.24. The first kappa shape index (κ1) is 17.2. The van der Waals surface area contributed by atoms with Crippen molar-refractivity contribution in [3.05, 3.63) is 12.2 Å². The summed E-state index contributed by atoms with van der Waals surface area (Å²) in [5.74, 6) is 2.30. The number of nitrogens with one attached hydrogen (secondary N) is 1. The van der Waals surface area contributed by atoms with Crippen LogP contribution in [0.2, 0.25) is 0 Å². The summed E-state index contributed by atoms with van der Waals surface area (Å²) in [6.45, 7) is 17.7. The molecular formula is C16H32N4. The predicted molar refractivity (Wildman–Crippen MR) is 84.6 cm³/mol. The summed E-state index contributed by atoms with van der Waals surface area (Å²) in [5.41, 5.74) is 0.200. The summed E-state index contributed by atoms with van der Waals surface area (Å²) >= 11 is 0. The van der Waals surface area contributed by atoms with E-state index in [0.29, 0.717) is 17.9 Å². The number of hydrogen-bond donors (Lipinski definition) is 1. The van der Waals surface area contributed by atoms with Crippen molar-refractivity contribution in [2.45, 2.75) is 67.5 Å². The van der Waals surface area contributed by atoms with E-state index in [2.05, 4.69) is 68.5 Å². The molecule has 0 aliphatic rings. The predicted octanol–water partition coefficient (Wildman–Crippen LogP) is 3.14. The fraction of sp³-hybridized carbons (Fsp3) is 0.875. The zero-order valence-corrected chi connectivity index (χ0v) is 14.3.